The molecule has 5 rings (SSSR count). The van der Waals surface area contributed by atoms with Crippen molar-refractivity contribution in [3.63, 3.8) is 0 Å². The van der Waals surface area contributed by atoms with E-state index < -0.39 is 23.5 Å². The molecule has 1 unspecified atom stereocenters. The van der Waals surface area contributed by atoms with Crippen LogP contribution in [0.25, 0.3) is 5.76 Å². The summed E-state index contributed by atoms with van der Waals surface area (Å²) in [4.78, 5) is 27.6. The zero-order valence-electron chi connectivity index (χ0n) is 17.7. The summed E-state index contributed by atoms with van der Waals surface area (Å²) in [5, 5.41) is 11.8. The molecule has 6 heteroatoms. The monoisotopic (exact) mass is 461 g/mol. The van der Waals surface area contributed by atoms with Gasteiger partial charge in [0.05, 0.1) is 11.6 Å². The Bertz CT molecular complexity index is 1280. The van der Waals surface area contributed by atoms with Gasteiger partial charge in [0.2, 0.25) is 0 Å². The molecule has 0 radical (unpaired) electrons. The minimum absolute atomic E-state index is 0.00223. The molecule has 4 nitrogen and oxygen atoms in total. The lowest BCUT2D eigenvalue weighted by Crippen LogP contribution is -2.29. The number of anilines is 1. The van der Waals surface area contributed by atoms with Gasteiger partial charge in [0.1, 0.15) is 11.6 Å². The summed E-state index contributed by atoms with van der Waals surface area (Å²) < 4.78 is 13.5. The number of amides is 1. The highest BCUT2D eigenvalue weighted by atomic mass is 35.5. The Labute approximate surface area is 195 Å². The second-order valence-electron chi connectivity index (χ2n) is 8.39. The summed E-state index contributed by atoms with van der Waals surface area (Å²) >= 11 is 6.06. The molecular formula is C27H21ClFNO3. The SMILES string of the molecule is O=C1C(=O)N(c2ccc(F)cc2)C(c2ccc(Cl)cc2)/C1=C(/O)c1ccc2c(c1)CCCC2. The molecule has 0 saturated carbocycles. The predicted octanol–water partition coefficient (Wildman–Crippen LogP) is 5.98. The van der Waals surface area contributed by atoms with Crippen molar-refractivity contribution in [3.8, 4) is 0 Å². The topological polar surface area (TPSA) is 57.6 Å². The molecule has 2 aliphatic rings. The maximum Gasteiger partial charge on any atom is 0.300 e. The first kappa shape index (κ1) is 21.4. The van der Waals surface area contributed by atoms with Crippen LogP contribution in [0.4, 0.5) is 10.1 Å². The van der Waals surface area contributed by atoms with Crippen LogP contribution >= 0.6 is 11.6 Å². The minimum atomic E-state index is -0.872. The van der Waals surface area contributed by atoms with Crippen molar-refractivity contribution >= 4 is 34.7 Å². The maximum absolute atomic E-state index is 13.5. The van der Waals surface area contributed by atoms with Crippen LogP contribution in [-0.2, 0) is 22.4 Å². The number of Topliss-reactive ketones (excluding diaryl/α,β-unsaturated/α-hetero) is 1. The zero-order valence-corrected chi connectivity index (χ0v) is 18.5. The minimum Gasteiger partial charge on any atom is -0.507 e. The van der Waals surface area contributed by atoms with E-state index in [0.717, 1.165) is 31.2 Å². The number of ketones is 1. The molecule has 1 N–H and O–H groups in total. The van der Waals surface area contributed by atoms with Crippen molar-refractivity contribution in [1.29, 1.82) is 0 Å². The molecule has 3 aromatic carbocycles. The summed E-state index contributed by atoms with van der Waals surface area (Å²) in [7, 11) is 0. The molecule has 33 heavy (non-hydrogen) atoms. The van der Waals surface area contributed by atoms with E-state index in [1.54, 1.807) is 30.3 Å². The van der Waals surface area contributed by atoms with Gasteiger partial charge in [0.25, 0.3) is 11.7 Å². The van der Waals surface area contributed by atoms with E-state index in [1.807, 2.05) is 12.1 Å². The molecule has 1 atom stereocenters. The number of aliphatic hydroxyl groups is 1. The fraction of sp³-hybridized carbons (Fsp3) is 0.185. The average Bonchev–Trinajstić information content (AvgIpc) is 3.10. The van der Waals surface area contributed by atoms with Crippen molar-refractivity contribution in [2.24, 2.45) is 0 Å². The molecule has 0 aromatic heterocycles. The third-order valence-electron chi connectivity index (χ3n) is 6.36. The number of aliphatic hydroxyl groups excluding tert-OH is 1. The highest BCUT2D eigenvalue weighted by molar-refractivity contribution is 6.51. The molecule has 0 spiro atoms. The van der Waals surface area contributed by atoms with Gasteiger partial charge in [-0.05, 0) is 84.8 Å². The van der Waals surface area contributed by atoms with Crippen molar-refractivity contribution < 1.29 is 19.1 Å². The Hall–Kier alpha value is -3.44. The lowest BCUT2D eigenvalue weighted by molar-refractivity contribution is -0.132. The standard InChI is InChI=1S/C27H21ClFNO3/c28-20-9-7-17(8-10-20)24-23(25(31)19-6-5-16-3-1-2-4-18(16)15-19)26(32)27(33)30(24)22-13-11-21(29)12-14-22/h5-15,24,31H,1-4H2/b25-23-. The summed E-state index contributed by atoms with van der Waals surface area (Å²) in [6.45, 7) is 0. The number of hydrogen-bond donors (Lipinski definition) is 1. The highest BCUT2D eigenvalue weighted by Gasteiger charge is 2.47. The van der Waals surface area contributed by atoms with Gasteiger partial charge in [-0.1, -0.05) is 35.9 Å². The van der Waals surface area contributed by atoms with Gasteiger partial charge in [0.15, 0.2) is 0 Å². The molecule has 0 bridgehead atoms. The zero-order chi connectivity index (χ0) is 23.1. The van der Waals surface area contributed by atoms with Gasteiger partial charge in [0, 0.05) is 16.3 Å². The predicted molar refractivity (Wildman–Crippen MR) is 126 cm³/mol. The second-order valence-corrected chi connectivity index (χ2v) is 8.82. The number of nitrogens with zero attached hydrogens (tertiary/aromatic N) is 1. The molecular weight excluding hydrogens is 441 g/mol. The second kappa shape index (κ2) is 8.49. The molecule has 166 valence electrons. The summed E-state index contributed by atoms with van der Waals surface area (Å²) in [6, 6.07) is 16.9. The van der Waals surface area contributed by atoms with E-state index in [4.69, 9.17) is 11.6 Å². The Kier molecular flexibility index (Phi) is 5.51. The van der Waals surface area contributed by atoms with E-state index in [-0.39, 0.29) is 11.3 Å². The Morgan fingerprint density at radius 3 is 2.27 bits per heavy atom. The van der Waals surface area contributed by atoms with E-state index in [1.165, 1.54) is 34.7 Å². The number of carbonyl (C=O) groups excluding carboxylic acids is 2. The van der Waals surface area contributed by atoms with Gasteiger partial charge >= 0.3 is 0 Å². The number of halogens is 2. The number of aryl methyl sites for hydroxylation is 2. The lowest BCUT2D eigenvalue weighted by Gasteiger charge is -2.25. The molecule has 1 aliphatic heterocycles. The number of rotatable bonds is 3. The number of hydrogen-bond acceptors (Lipinski definition) is 3. The summed E-state index contributed by atoms with van der Waals surface area (Å²) in [5.41, 5.74) is 3.89. The summed E-state index contributed by atoms with van der Waals surface area (Å²) in [6.07, 6.45) is 4.13. The number of fused-ring (bicyclic) bond motifs is 1. The van der Waals surface area contributed by atoms with Crippen LogP contribution < -0.4 is 4.90 Å². The Morgan fingerprint density at radius 1 is 0.909 bits per heavy atom. The van der Waals surface area contributed by atoms with E-state index in [0.29, 0.717) is 21.8 Å². The lowest BCUT2D eigenvalue weighted by atomic mass is 9.88. The van der Waals surface area contributed by atoms with Crippen molar-refractivity contribution in [2.75, 3.05) is 4.90 Å². The quantitative estimate of drug-likeness (QED) is 0.296. The fourth-order valence-electron chi connectivity index (χ4n) is 4.70. The third-order valence-corrected chi connectivity index (χ3v) is 6.61. The van der Waals surface area contributed by atoms with Crippen molar-refractivity contribution in [3.05, 3.63) is 105 Å². The van der Waals surface area contributed by atoms with Crippen LogP contribution in [-0.4, -0.2) is 16.8 Å². The molecule has 1 heterocycles. The highest BCUT2D eigenvalue weighted by Crippen LogP contribution is 2.42. The van der Waals surface area contributed by atoms with Crippen LogP contribution in [0.1, 0.15) is 41.1 Å². The Morgan fingerprint density at radius 2 is 1.58 bits per heavy atom. The normalized spacial score (nSPS) is 19.6. The van der Waals surface area contributed by atoms with E-state index >= 15 is 0 Å². The van der Waals surface area contributed by atoms with E-state index in [9.17, 15) is 19.1 Å². The van der Waals surface area contributed by atoms with Crippen LogP contribution in [0, 0.1) is 5.82 Å². The van der Waals surface area contributed by atoms with Gasteiger partial charge in [-0.2, -0.15) is 0 Å². The van der Waals surface area contributed by atoms with E-state index in [2.05, 4.69) is 0 Å². The van der Waals surface area contributed by atoms with Gasteiger partial charge in [-0.15, -0.1) is 0 Å². The molecule has 1 saturated heterocycles. The van der Waals surface area contributed by atoms with Crippen LogP contribution in [0.15, 0.2) is 72.3 Å². The average molecular weight is 462 g/mol. The first-order chi connectivity index (χ1) is 15.9. The van der Waals surface area contributed by atoms with Gasteiger partial charge in [-0.25, -0.2) is 4.39 Å². The van der Waals surface area contributed by atoms with Crippen LogP contribution in [0.2, 0.25) is 5.02 Å². The molecule has 1 fully saturated rings. The number of benzene rings is 3. The smallest absolute Gasteiger partial charge is 0.300 e. The molecule has 1 amide bonds. The first-order valence-corrected chi connectivity index (χ1v) is 11.3. The van der Waals surface area contributed by atoms with Gasteiger partial charge in [-0.3, -0.25) is 14.5 Å². The van der Waals surface area contributed by atoms with Crippen LogP contribution in [0.3, 0.4) is 0 Å². The molecule has 1 aliphatic carbocycles. The summed E-state index contributed by atoms with van der Waals surface area (Å²) in [5.74, 6) is -2.23. The number of carbonyl (C=O) groups is 2. The van der Waals surface area contributed by atoms with Crippen molar-refractivity contribution in [2.45, 2.75) is 31.7 Å². The van der Waals surface area contributed by atoms with Crippen molar-refractivity contribution in [1.82, 2.24) is 0 Å². The first-order valence-electron chi connectivity index (χ1n) is 10.9. The van der Waals surface area contributed by atoms with Crippen LogP contribution in [0.5, 0.6) is 0 Å². The maximum atomic E-state index is 13.5. The fourth-order valence-corrected chi connectivity index (χ4v) is 4.82. The largest absolute Gasteiger partial charge is 0.507 e. The van der Waals surface area contributed by atoms with Gasteiger partial charge < -0.3 is 5.11 Å². The Balaban J connectivity index is 1.68. The molecule has 3 aromatic rings. The third kappa shape index (κ3) is 3.83.